The van der Waals surface area contributed by atoms with Crippen molar-refractivity contribution >= 4 is 40.1 Å². The normalized spacial score (nSPS) is 17.6. The van der Waals surface area contributed by atoms with Crippen LogP contribution in [-0.2, 0) is 23.4 Å². The number of para-hydroxylation sites is 1. The van der Waals surface area contributed by atoms with E-state index in [1.807, 2.05) is 79.7 Å². The zero-order chi connectivity index (χ0) is 27.6. The molecule has 0 saturated heterocycles. The van der Waals surface area contributed by atoms with Gasteiger partial charge in [0, 0.05) is 17.1 Å². The highest BCUT2D eigenvalue weighted by atomic mass is 35.5. The van der Waals surface area contributed by atoms with Gasteiger partial charge in [-0.2, -0.15) is 0 Å². The predicted molar refractivity (Wildman–Crippen MR) is 153 cm³/mol. The van der Waals surface area contributed by atoms with Gasteiger partial charge >= 0.3 is 0 Å². The van der Waals surface area contributed by atoms with Crippen LogP contribution in [0.5, 0.6) is 0 Å². The highest BCUT2D eigenvalue weighted by Crippen LogP contribution is 2.53. The van der Waals surface area contributed by atoms with Gasteiger partial charge in [-0.25, -0.2) is 0 Å². The van der Waals surface area contributed by atoms with E-state index in [-0.39, 0.29) is 35.7 Å². The molecule has 0 radical (unpaired) electrons. The maximum atomic E-state index is 14.8. The minimum Gasteiger partial charge on any atom is -0.450 e. The second-order valence-corrected chi connectivity index (χ2v) is 10.7. The molecular formula is C33H23ClN2O4. The molecule has 7 rings (SSSR count). The molecule has 1 aromatic heterocycles. The van der Waals surface area contributed by atoms with E-state index in [2.05, 4.69) is 0 Å². The molecule has 6 nitrogen and oxygen atoms in total. The number of fused-ring (bicyclic) bond motifs is 5. The third-order valence-electron chi connectivity index (χ3n) is 7.83. The van der Waals surface area contributed by atoms with Gasteiger partial charge in [0.15, 0.2) is 11.0 Å². The zero-order valence-corrected chi connectivity index (χ0v) is 22.3. The summed E-state index contributed by atoms with van der Waals surface area (Å²) in [6.07, 6.45) is 0. The molecule has 1 spiro atoms. The topological polar surface area (TPSA) is 70.8 Å². The summed E-state index contributed by atoms with van der Waals surface area (Å²) < 4.78 is 6.16. The molecule has 0 aliphatic carbocycles. The third kappa shape index (κ3) is 3.39. The van der Waals surface area contributed by atoms with Crippen molar-refractivity contribution in [3.63, 3.8) is 0 Å². The largest absolute Gasteiger partial charge is 0.450 e. The monoisotopic (exact) mass is 546 g/mol. The van der Waals surface area contributed by atoms with Gasteiger partial charge in [-0.1, -0.05) is 83.9 Å². The molecule has 2 aliphatic rings. The maximum absolute atomic E-state index is 14.8. The Morgan fingerprint density at radius 2 is 1.50 bits per heavy atom. The van der Waals surface area contributed by atoms with Crippen LogP contribution in [0.1, 0.15) is 38.4 Å². The van der Waals surface area contributed by atoms with Gasteiger partial charge < -0.3 is 14.2 Å². The van der Waals surface area contributed by atoms with Crippen LogP contribution in [-0.4, -0.2) is 16.7 Å². The Bertz CT molecular complexity index is 1900. The molecule has 1 unspecified atom stereocenters. The van der Waals surface area contributed by atoms with E-state index in [1.54, 1.807) is 29.2 Å². The lowest BCUT2D eigenvalue weighted by Crippen LogP contribution is -2.52. The van der Waals surface area contributed by atoms with Crippen LogP contribution in [0, 0.1) is 6.92 Å². The van der Waals surface area contributed by atoms with Crippen LogP contribution >= 0.6 is 11.6 Å². The van der Waals surface area contributed by atoms with E-state index in [1.165, 1.54) is 4.90 Å². The van der Waals surface area contributed by atoms with Gasteiger partial charge in [0.2, 0.25) is 5.76 Å². The number of carbonyl (C=O) groups is 2. The van der Waals surface area contributed by atoms with Crippen molar-refractivity contribution < 1.29 is 14.0 Å². The number of hydrogen-bond donors (Lipinski definition) is 0. The molecule has 2 amide bonds. The van der Waals surface area contributed by atoms with Crippen molar-refractivity contribution in [1.29, 1.82) is 0 Å². The molecule has 0 N–H and O–H groups in total. The number of halogens is 1. The van der Waals surface area contributed by atoms with Crippen molar-refractivity contribution in [1.82, 2.24) is 4.90 Å². The Kier molecular flexibility index (Phi) is 5.44. The van der Waals surface area contributed by atoms with Crippen molar-refractivity contribution in [2.75, 3.05) is 4.90 Å². The Morgan fingerprint density at radius 3 is 2.27 bits per heavy atom. The number of anilines is 1. The summed E-state index contributed by atoms with van der Waals surface area (Å²) in [6, 6.07) is 29.4. The van der Waals surface area contributed by atoms with E-state index in [0.717, 1.165) is 16.7 Å². The lowest BCUT2D eigenvalue weighted by Gasteiger charge is -2.34. The molecule has 3 heterocycles. The van der Waals surface area contributed by atoms with Crippen molar-refractivity contribution in [2.24, 2.45) is 0 Å². The van der Waals surface area contributed by atoms with Gasteiger partial charge in [0.25, 0.3) is 11.8 Å². The van der Waals surface area contributed by atoms with E-state index in [4.69, 9.17) is 16.0 Å². The fourth-order valence-corrected chi connectivity index (χ4v) is 6.15. The number of aryl methyl sites for hydroxylation is 1. The number of nitrogens with zero attached hydrogens (tertiary/aromatic N) is 2. The SMILES string of the molecule is Cc1ccc2oc3c(c(=O)c2c1)C1(C(=O)N(Cc2ccc(Cl)cc2)c2ccccc21)N(Cc1ccccc1)C3=O. The van der Waals surface area contributed by atoms with Crippen LogP contribution in [0.15, 0.2) is 106 Å². The van der Waals surface area contributed by atoms with Gasteiger partial charge in [-0.15, -0.1) is 0 Å². The molecule has 2 aliphatic heterocycles. The van der Waals surface area contributed by atoms with E-state index >= 15 is 0 Å². The van der Waals surface area contributed by atoms with Gasteiger partial charge in [0.1, 0.15) is 5.58 Å². The first kappa shape index (κ1) is 24.4. The molecular weight excluding hydrogens is 524 g/mol. The molecule has 0 saturated carbocycles. The van der Waals surface area contributed by atoms with E-state index < -0.39 is 11.4 Å². The van der Waals surface area contributed by atoms with Crippen LogP contribution in [0.3, 0.4) is 0 Å². The van der Waals surface area contributed by atoms with E-state index in [0.29, 0.717) is 27.2 Å². The molecule has 7 heteroatoms. The van der Waals surface area contributed by atoms with Crippen LogP contribution in [0.2, 0.25) is 5.02 Å². The Labute approximate surface area is 235 Å². The molecule has 0 bridgehead atoms. The Balaban J connectivity index is 1.51. The standard InChI is InChI=1S/C33H23ClN2O4/c1-20-11-16-27-24(17-20)29(37)28-30(40-27)31(38)36(19-21-7-3-2-4-8-21)33(28)25-9-5-6-10-26(25)35(32(33)39)18-22-12-14-23(34)15-13-22/h2-17H,18-19H2,1H3. The smallest absolute Gasteiger partial charge is 0.291 e. The highest BCUT2D eigenvalue weighted by Gasteiger charge is 2.64. The molecule has 0 fully saturated rings. The van der Waals surface area contributed by atoms with Gasteiger partial charge in [0.05, 0.1) is 23.2 Å². The molecule has 1 atom stereocenters. The van der Waals surface area contributed by atoms with Crippen LogP contribution in [0.4, 0.5) is 5.69 Å². The zero-order valence-electron chi connectivity index (χ0n) is 21.6. The van der Waals surface area contributed by atoms with Crippen LogP contribution in [0.25, 0.3) is 11.0 Å². The molecule has 196 valence electrons. The summed E-state index contributed by atoms with van der Waals surface area (Å²) >= 11 is 6.11. The summed E-state index contributed by atoms with van der Waals surface area (Å²) in [5.74, 6) is -0.949. The second kappa shape index (κ2) is 8.93. The minimum absolute atomic E-state index is 0.0718. The maximum Gasteiger partial charge on any atom is 0.291 e. The van der Waals surface area contributed by atoms with E-state index in [9.17, 15) is 14.4 Å². The van der Waals surface area contributed by atoms with Crippen molar-refractivity contribution in [2.45, 2.75) is 25.6 Å². The summed E-state index contributed by atoms with van der Waals surface area (Å²) in [7, 11) is 0. The number of benzene rings is 4. The first-order chi connectivity index (χ1) is 19.4. The summed E-state index contributed by atoms with van der Waals surface area (Å²) in [4.78, 5) is 46.5. The summed E-state index contributed by atoms with van der Waals surface area (Å²) in [6.45, 7) is 2.25. The first-order valence-corrected chi connectivity index (χ1v) is 13.4. The number of hydrogen-bond acceptors (Lipinski definition) is 4. The predicted octanol–water partition coefficient (Wildman–Crippen LogP) is 6.20. The number of carbonyl (C=O) groups excluding carboxylic acids is 2. The van der Waals surface area contributed by atoms with Crippen LogP contribution < -0.4 is 10.3 Å². The summed E-state index contributed by atoms with van der Waals surface area (Å²) in [5, 5.41) is 0.937. The summed E-state index contributed by atoms with van der Waals surface area (Å²) in [5.41, 5.74) is 2.13. The fraction of sp³-hybridized carbons (Fsp3) is 0.121. The quantitative estimate of drug-likeness (QED) is 0.269. The first-order valence-electron chi connectivity index (χ1n) is 13.0. The second-order valence-electron chi connectivity index (χ2n) is 10.3. The van der Waals surface area contributed by atoms with Gasteiger partial charge in [-0.05, 0) is 48.4 Å². The lowest BCUT2D eigenvalue weighted by molar-refractivity contribution is -0.126. The Hall–Kier alpha value is -4.68. The average Bonchev–Trinajstić information content (AvgIpc) is 3.35. The fourth-order valence-electron chi connectivity index (χ4n) is 6.02. The van der Waals surface area contributed by atoms with Crippen molar-refractivity contribution in [3.05, 3.63) is 146 Å². The highest BCUT2D eigenvalue weighted by molar-refractivity contribution is 6.30. The Morgan fingerprint density at radius 1 is 0.800 bits per heavy atom. The third-order valence-corrected chi connectivity index (χ3v) is 8.08. The minimum atomic E-state index is -1.68. The molecule has 40 heavy (non-hydrogen) atoms. The lowest BCUT2D eigenvalue weighted by atomic mass is 9.83. The number of amides is 2. The van der Waals surface area contributed by atoms with Crippen molar-refractivity contribution in [3.8, 4) is 0 Å². The van der Waals surface area contributed by atoms with Gasteiger partial charge in [-0.3, -0.25) is 14.4 Å². The number of rotatable bonds is 4. The molecule has 5 aromatic rings. The average molecular weight is 547 g/mol. The molecule has 4 aromatic carbocycles.